The molecule has 16 heavy (non-hydrogen) atoms. The summed E-state index contributed by atoms with van der Waals surface area (Å²) in [6.07, 6.45) is 4.61. The van der Waals surface area contributed by atoms with Crippen molar-refractivity contribution in [3.8, 4) is 0 Å². The first-order valence-electron chi connectivity index (χ1n) is 5.63. The van der Waals surface area contributed by atoms with Crippen molar-refractivity contribution >= 4 is 32.5 Å². The van der Waals surface area contributed by atoms with Gasteiger partial charge < -0.3 is 5.73 Å². The van der Waals surface area contributed by atoms with Gasteiger partial charge in [0.1, 0.15) is 0 Å². The zero-order valence-corrected chi connectivity index (χ0v) is 10.5. The highest BCUT2D eigenvalue weighted by molar-refractivity contribution is 9.10. The van der Waals surface area contributed by atoms with Gasteiger partial charge in [0.15, 0.2) is 0 Å². The summed E-state index contributed by atoms with van der Waals surface area (Å²) in [5, 5.41) is 1.08. The first-order chi connectivity index (χ1) is 7.77. The topological polar surface area (TPSA) is 38.9 Å². The highest BCUT2D eigenvalue weighted by Gasteiger charge is 2.16. The molecule has 1 aliphatic rings. The Balaban J connectivity index is 2.39. The van der Waals surface area contributed by atoms with E-state index < -0.39 is 0 Å². The molecule has 0 atom stereocenters. The van der Waals surface area contributed by atoms with Crippen LogP contribution in [0.2, 0.25) is 0 Å². The number of nitrogen functional groups attached to an aromatic ring is 1. The average Bonchev–Trinajstić information content (AvgIpc) is 2.31. The molecule has 0 radical (unpaired) electrons. The molecule has 0 aliphatic heterocycles. The standard InChI is InChI=1S/C13H13BrN2/c14-10-6-3-5-9-12(15)8-4-1-2-7-11(8)16-13(9)10/h3,5-6H,1-2,4,7H2,(H2,15,16). The fourth-order valence-corrected chi connectivity index (χ4v) is 2.90. The summed E-state index contributed by atoms with van der Waals surface area (Å²) in [7, 11) is 0. The van der Waals surface area contributed by atoms with Crippen LogP contribution in [-0.4, -0.2) is 4.98 Å². The van der Waals surface area contributed by atoms with Crippen LogP contribution in [0, 0.1) is 0 Å². The molecule has 1 heterocycles. The van der Waals surface area contributed by atoms with Gasteiger partial charge in [0.05, 0.1) is 5.52 Å². The van der Waals surface area contributed by atoms with Gasteiger partial charge in [-0.1, -0.05) is 12.1 Å². The smallest absolute Gasteiger partial charge is 0.0868 e. The van der Waals surface area contributed by atoms with Gasteiger partial charge in [0.2, 0.25) is 0 Å². The lowest BCUT2D eigenvalue weighted by Crippen LogP contribution is -2.09. The number of hydrogen-bond donors (Lipinski definition) is 1. The minimum atomic E-state index is 0.931. The van der Waals surface area contributed by atoms with Crippen molar-refractivity contribution in [2.75, 3.05) is 5.73 Å². The van der Waals surface area contributed by atoms with Crippen LogP contribution in [0.3, 0.4) is 0 Å². The van der Waals surface area contributed by atoms with Crippen LogP contribution in [-0.2, 0) is 12.8 Å². The number of aryl methyl sites for hydroxylation is 1. The summed E-state index contributed by atoms with van der Waals surface area (Å²) >= 11 is 3.54. The molecular weight excluding hydrogens is 264 g/mol. The first kappa shape index (κ1) is 10.1. The minimum absolute atomic E-state index is 0.931. The number of nitrogens with zero attached hydrogens (tertiary/aromatic N) is 1. The first-order valence-corrected chi connectivity index (χ1v) is 6.42. The third kappa shape index (κ3) is 1.42. The van der Waals surface area contributed by atoms with Gasteiger partial charge >= 0.3 is 0 Å². The number of benzene rings is 1. The third-order valence-corrected chi connectivity index (χ3v) is 3.93. The van der Waals surface area contributed by atoms with Crippen LogP contribution >= 0.6 is 15.9 Å². The molecule has 0 fully saturated rings. The molecule has 1 aromatic heterocycles. The molecule has 0 spiro atoms. The predicted molar refractivity (Wildman–Crippen MR) is 70.5 cm³/mol. The summed E-state index contributed by atoms with van der Waals surface area (Å²) in [5.74, 6) is 0. The van der Waals surface area contributed by atoms with Crippen molar-refractivity contribution in [2.24, 2.45) is 0 Å². The monoisotopic (exact) mass is 276 g/mol. The number of anilines is 1. The van der Waals surface area contributed by atoms with Crippen molar-refractivity contribution in [1.82, 2.24) is 4.98 Å². The number of halogens is 1. The van der Waals surface area contributed by atoms with Crippen LogP contribution in [0.15, 0.2) is 22.7 Å². The van der Waals surface area contributed by atoms with E-state index in [1.807, 2.05) is 12.1 Å². The molecule has 3 heteroatoms. The number of fused-ring (bicyclic) bond motifs is 2. The minimum Gasteiger partial charge on any atom is -0.398 e. The Bertz CT molecular complexity index is 563. The molecule has 82 valence electrons. The molecule has 1 aromatic carbocycles. The van der Waals surface area contributed by atoms with Crippen molar-refractivity contribution in [3.05, 3.63) is 33.9 Å². The summed E-state index contributed by atoms with van der Waals surface area (Å²) in [6, 6.07) is 6.08. The molecule has 1 aliphatic carbocycles. The Kier molecular flexibility index (Phi) is 2.36. The van der Waals surface area contributed by atoms with Gasteiger partial charge in [-0.25, -0.2) is 0 Å². The van der Waals surface area contributed by atoms with Crippen molar-refractivity contribution in [2.45, 2.75) is 25.7 Å². The highest BCUT2D eigenvalue weighted by Crippen LogP contribution is 2.33. The largest absolute Gasteiger partial charge is 0.398 e. The molecule has 0 bridgehead atoms. The summed E-state index contributed by atoms with van der Waals surface area (Å²) < 4.78 is 1.03. The molecule has 0 saturated heterocycles. The molecule has 2 N–H and O–H groups in total. The van der Waals surface area contributed by atoms with Gasteiger partial charge in [0.25, 0.3) is 0 Å². The second kappa shape index (κ2) is 3.74. The fraction of sp³-hybridized carbons (Fsp3) is 0.308. The number of para-hydroxylation sites is 1. The summed E-state index contributed by atoms with van der Waals surface area (Å²) in [4.78, 5) is 4.75. The summed E-state index contributed by atoms with van der Waals surface area (Å²) in [5.41, 5.74) is 10.7. The lowest BCUT2D eigenvalue weighted by Gasteiger charge is -2.18. The predicted octanol–water partition coefficient (Wildman–Crippen LogP) is 3.46. The van der Waals surface area contributed by atoms with E-state index in [1.54, 1.807) is 0 Å². The normalized spacial score (nSPS) is 15.1. The quantitative estimate of drug-likeness (QED) is 0.801. The van der Waals surface area contributed by atoms with E-state index in [0.29, 0.717) is 0 Å². The zero-order valence-electron chi connectivity index (χ0n) is 8.96. The third-order valence-electron chi connectivity index (χ3n) is 3.29. The molecular formula is C13H13BrN2. The Hall–Kier alpha value is -1.09. The van der Waals surface area contributed by atoms with E-state index in [-0.39, 0.29) is 0 Å². The van der Waals surface area contributed by atoms with Crippen molar-refractivity contribution in [3.63, 3.8) is 0 Å². The maximum Gasteiger partial charge on any atom is 0.0868 e. The Morgan fingerprint density at radius 1 is 1.19 bits per heavy atom. The highest BCUT2D eigenvalue weighted by atomic mass is 79.9. The summed E-state index contributed by atoms with van der Waals surface area (Å²) in [6.45, 7) is 0. The average molecular weight is 277 g/mol. The van der Waals surface area contributed by atoms with Gasteiger partial charge in [-0.05, 0) is 53.2 Å². The zero-order chi connectivity index (χ0) is 11.1. The van der Waals surface area contributed by atoms with Gasteiger partial charge in [0, 0.05) is 21.2 Å². The number of nitrogens with two attached hydrogens (primary N) is 1. The SMILES string of the molecule is Nc1c2c(nc3c(Br)cccc13)CCCC2. The Morgan fingerprint density at radius 2 is 2.00 bits per heavy atom. The van der Waals surface area contributed by atoms with E-state index in [0.717, 1.165) is 33.9 Å². The van der Waals surface area contributed by atoms with E-state index in [9.17, 15) is 0 Å². The second-order valence-corrected chi connectivity index (χ2v) is 5.15. The molecule has 0 saturated carbocycles. The molecule has 2 nitrogen and oxygen atoms in total. The molecule has 3 rings (SSSR count). The number of hydrogen-bond acceptors (Lipinski definition) is 2. The van der Waals surface area contributed by atoms with Crippen LogP contribution in [0.1, 0.15) is 24.1 Å². The molecule has 2 aromatic rings. The van der Waals surface area contributed by atoms with Gasteiger partial charge in [-0.3, -0.25) is 4.98 Å². The molecule has 0 unspecified atom stereocenters. The van der Waals surface area contributed by atoms with Crippen LogP contribution in [0.4, 0.5) is 5.69 Å². The Morgan fingerprint density at radius 3 is 2.88 bits per heavy atom. The van der Waals surface area contributed by atoms with Crippen molar-refractivity contribution < 1.29 is 0 Å². The number of rotatable bonds is 0. The Labute approximate surface area is 103 Å². The van der Waals surface area contributed by atoms with E-state index in [2.05, 4.69) is 22.0 Å². The van der Waals surface area contributed by atoms with E-state index in [1.165, 1.54) is 24.1 Å². The maximum atomic E-state index is 6.25. The van der Waals surface area contributed by atoms with Crippen molar-refractivity contribution in [1.29, 1.82) is 0 Å². The number of aromatic nitrogens is 1. The van der Waals surface area contributed by atoms with E-state index in [4.69, 9.17) is 10.7 Å². The fourth-order valence-electron chi connectivity index (χ4n) is 2.45. The van der Waals surface area contributed by atoms with Gasteiger partial charge in [-0.2, -0.15) is 0 Å². The van der Waals surface area contributed by atoms with Crippen LogP contribution in [0.25, 0.3) is 10.9 Å². The van der Waals surface area contributed by atoms with E-state index >= 15 is 0 Å². The second-order valence-electron chi connectivity index (χ2n) is 4.29. The lowest BCUT2D eigenvalue weighted by molar-refractivity contribution is 0.673. The van der Waals surface area contributed by atoms with Gasteiger partial charge in [-0.15, -0.1) is 0 Å². The van der Waals surface area contributed by atoms with Crippen LogP contribution in [0.5, 0.6) is 0 Å². The number of pyridine rings is 1. The van der Waals surface area contributed by atoms with Crippen LogP contribution < -0.4 is 5.73 Å². The maximum absolute atomic E-state index is 6.25. The molecule has 0 amide bonds. The lowest BCUT2D eigenvalue weighted by atomic mass is 9.93.